The molecule has 1 amide bonds. The van der Waals surface area contributed by atoms with Gasteiger partial charge in [0.05, 0.1) is 21.3 Å². The Morgan fingerprint density at radius 3 is 2.14 bits per heavy atom. The highest BCUT2D eigenvalue weighted by Crippen LogP contribution is 2.38. The molecule has 2 aromatic carbocycles. The standard InChI is InChI=1S/C23H29NO5/c1-16-5-9-19(10-6-16)29-15-22(25)24(18-7-8-18)12-11-17-13-20(26-2)23(28-4)21(14-17)27-3/h5-6,9-10,13-14,18H,7-8,11-12,15H2,1-4H3. The van der Waals surface area contributed by atoms with Gasteiger partial charge in [-0.25, -0.2) is 0 Å². The number of amides is 1. The first-order valence-corrected chi connectivity index (χ1v) is 9.83. The lowest BCUT2D eigenvalue weighted by Gasteiger charge is -2.23. The first-order chi connectivity index (χ1) is 14.0. The van der Waals surface area contributed by atoms with Crippen LogP contribution in [0.4, 0.5) is 0 Å². The van der Waals surface area contributed by atoms with Crippen molar-refractivity contribution in [2.75, 3.05) is 34.5 Å². The van der Waals surface area contributed by atoms with Crippen molar-refractivity contribution in [3.63, 3.8) is 0 Å². The lowest BCUT2D eigenvalue weighted by atomic mass is 10.1. The Bertz CT molecular complexity index is 805. The molecule has 0 radical (unpaired) electrons. The molecule has 0 aliphatic heterocycles. The highest BCUT2D eigenvalue weighted by atomic mass is 16.5. The Labute approximate surface area is 172 Å². The van der Waals surface area contributed by atoms with Crippen molar-refractivity contribution < 1.29 is 23.7 Å². The van der Waals surface area contributed by atoms with Crippen molar-refractivity contribution in [2.45, 2.75) is 32.2 Å². The zero-order valence-corrected chi connectivity index (χ0v) is 17.6. The fourth-order valence-corrected chi connectivity index (χ4v) is 3.29. The Balaban J connectivity index is 1.63. The third-order valence-electron chi connectivity index (χ3n) is 5.06. The molecule has 0 aromatic heterocycles. The minimum atomic E-state index is 0.0144. The Morgan fingerprint density at radius 2 is 1.62 bits per heavy atom. The number of ether oxygens (including phenoxy) is 4. The van der Waals surface area contributed by atoms with Crippen LogP contribution in [-0.2, 0) is 11.2 Å². The minimum Gasteiger partial charge on any atom is -0.493 e. The number of nitrogens with zero attached hydrogens (tertiary/aromatic N) is 1. The lowest BCUT2D eigenvalue weighted by molar-refractivity contribution is -0.133. The van der Waals surface area contributed by atoms with E-state index in [9.17, 15) is 4.79 Å². The molecule has 0 bridgehead atoms. The first kappa shape index (κ1) is 20.8. The van der Waals surface area contributed by atoms with Crippen LogP contribution in [0.5, 0.6) is 23.0 Å². The zero-order valence-electron chi connectivity index (χ0n) is 17.6. The predicted molar refractivity (Wildman–Crippen MR) is 111 cm³/mol. The summed E-state index contributed by atoms with van der Waals surface area (Å²) in [6.45, 7) is 2.70. The van der Waals surface area contributed by atoms with E-state index in [-0.39, 0.29) is 12.5 Å². The van der Waals surface area contributed by atoms with E-state index < -0.39 is 0 Å². The molecule has 0 heterocycles. The molecule has 2 aromatic rings. The van der Waals surface area contributed by atoms with Gasteiger partial charge in [0.2, 0.25) is 5.75 Å². The van der Waals surface area contributed by atoms with Crippen molar-refractivity contribution in [3.05, 3.63) is 47.5 Å². The second-order valence-corrected chi connectivity index (χ2v) is 7.20. The van der Waals surface area contributed by atoms with Crippen LogP contribution in [-0.4, -0.2) is 51.3 Å². The number of rotatable bonds is 10. The third-order valence-corrected chi connectivity index (χ3v) is 5.06. The van der Waals surface area contributed by atoms with Gasteiger partial charge in [-0.3, -0.25) is 4.79 Å². The van der Waals surface area contributed by atoms with Gasteiger partial charge in [0.25, 0.3) is 5.91 Å². The SMILES string of the molecule is COc1cc(CCN(C(=O)COc2ccc(C)cc2)C2CC2)cc(OC)c1OC. The van der Waals surface area contributed by atoms with Crippen molar-refractivity contribution in [2.24, 2.45) is 0 Å². The molecule has 6 nitrogen and oxygen atoms in total. The van der Waals surface area contributed by atoms with Crippen LogP contribution in [0.15, 0.2) is 36.4 Å². The summed E-state index contributed by atoms with van der Waals surface area (Å²) in [5.41, 5.74) is 2.19. The maximum absolute atomic E-state index is 12.8. The van der Waals surface area contributed by atoms with Gasteiger partial charge in [0.1, 0.15) is 5.75 Å². The average molecular weight is 399 g/mol. The highest BCUT2D eigenvalue weighted by Gasteiger charge is 2.32. The van der Waals surface area contributed by atoms with Gasteiger partial charge in [-0.1, -0.05) is 17.7 Å². The number of aryl methyl sites for hydroxylation is 1. The quantitative estimate of drug-likeness (QED) is 0.611. The second-order valence-electron chi connectivity index (χ2n) is 7.20. The number of methoxy groups -OCH3 is 3. The number of hydrogen-bond donors (Lipinski definition) is 0. The molecule has 0 N–H and O–H groups in total. The molecule has 0 unspecified atom stereocenters. The molecule has 1 fully saturated rings. The summed E-state index contributed by atoms with van der Waals surface area (Å²) in [6, 6.07) is 11.9. The van der Waals surface area contributed by atoms with Crippen LogP contribution in [0.25, 0.3) is 0 Å². The second kappa shape index (κ2) is 9.54. The van der Waals surface area contributed by atoms with E-state index in [1.54, 1.807) is 21.3 Å². The number of hydrogen-bond acceptors (Lipinski definition) is 5. The van der Waals surface area contributed by atoms with Gasteiger partial charge in [0, 0.05) is 12.6 Å². The molecular formula is C23H29NO5. The van der Waals surface area contributed by atoms with Crippen molar-refractivity contribution in [3.8, 4) is 23.0 Å². The molecule has 0 spiro atoms. The molecule has 0 atom stereocenters. The molecule has 6 heteroatoms. The van der Waals surface area contributed by atoms with Crippen LogP contribution in [0.3, 0.4) is 0 Å². The maximum Gasteiger partial charge on any atom is 0.260 e. The fraction of sp³-hybridized carbons (Fsp3) is 0.435. The molecular weight excluding hydrogens is 370 g/mol. The third kappa shape index (κ3) is 5.34. The van der Waals surface area contributed by atoms with Gasteiger partial charge in [-0.15, -0.1) is 0 Å². The zero-order chi connectivity index (χ0) is 20.8. The lowest BCUT2D eigenvalue weighted by Crippen LogP contribution is -2.38. The van der Waals surface area contributed by atoms with Crippen LogP contribution >= 0.6 is 0 Å². The first-order valence-electron chi connectivity index (χ1n) is 9.83. The highest BCUT2D eigenvalue weighted by molar-refractivity contribution is 5.78. The van der Waals surface area contributed by atoms with Gasteiger partial charge >= 0.3 is 0 Å². The number of carbonyl (C=O) groups excluding carboxylic acids is 1. The molecule has 156 valence electrons. The van der Waals surface area contributed by atoms with E-state index in [2.05, 4.69) is 0 Å². The van der Waals surface area contributed by atoms with E-state index in [0.717, 1.165) is 24.0 Å². The molecule has 1 aliphatic rings. The van der Waals surface area contributed by atoms with E-state index in [1.165, 1.54) is 0 Å². The normalized spacial score (nSPS) is 13.0. The largest absolute Gasteiger partial charge is 0.493 e. The van der Waals surface area contributed by atoms with Gasteiger partial charge in [0.15, 0.2) is 18.1 Å². The number of benzene rings is 2. The molecule has 29 heavy (non-hydrogen) atoms. The summed E-state index contributed by atoms with van der Waals surface area (Å²) >= 11 is 0. The molecule has 1 saturated carbocycles. The summed E-state index contributed by atoms with van der Waals surface area (Å²) in [6.07, 6.45) is 2.79. The van der Waals surface area contributed by atoms with Crippen LogP contribution in [0, 0.1) is 6.92 Å². The average Bonchev–Trinajstić information content (AvgIpc) is 3.57. The molecule has 0 saturated heterocycles. The van der Waals surface area contributed by atoms with Crippen molar-refractivity contribution >= 4 is 5.91 Å². The predicted octanol–water partition coefficient (Wildman–Crippen LogP) is 3.63. The van der Waals surface area contributed by atoms with E-state index in [1.807, 2.05) is 48.2 Å². The number of carbonyl (C=O) groups is 1. The van der Waals surface area contributed by atoms with E-state index in [0.29, 0.717) is 42.0 Å². The monoisotopic (exact) mass is 399 g/mol. The van der Waals surface area contributed by atoms with E-state index >= 15 is 0 Å². The minimum absolute atomic E-state index is 0.0144. The van der Waals surface area contributed by atoms with Gasteiger partial charge < -0.3 is 23.8 Å². The van der Waals surface area contributed by atoms with Gasteiger partial charge in [-0.05, 0) is 56.0 Å². The Kier molecular flexibility index (Phi) is 6.86. The summed E-state index contributed by atoms with van der Waals surface area (Å²) in [4.78, 5) is 14.7. The summed E-state index contributed by atoms with van der Waals surface area (Å²) in [5.74, 6) is 2.54. The van der Waals surface area contributed by atoms with Gasteiger partial charge in [-0.2, -0.15) is 0 Å². The maximum atomic E-state index is 12.8. The van der Waals surface area contributed by atoms with Crippen LogP contribution in [0.2, 0.25) is 0 Å². The molecule has 1 aliphatic carbocycles. The fourth-order valence-electron chi connectivity index (χ4n) is 3.29. The summed E-state index contributed by atoms with van der Waals surface area (Å²) < 4.78 is 21.9. The Hall–Kier alpha value is -2.89. The smallest absolute Gasteiger partial charge is 0.260 e. The van der Waals surface area contributed by atoms with Crippen LogP contribution in [0.1, 0.15) is 24.0 Å². The van der Waals surface area contributed by atoms with Crippen LogP contribution < -0.4 is 18.9 Å². The topological polar surface area (TPSA) is 57.2 Å². The van der Waals surface area contributed by atoms with Crippen molar-refractivity contribution in [1.82, 2.24) is 4.90 Å². The Morgan fingerprint density at radius 1 is 1.00 bits per heavy atom. The van der Waals surface area contributed by atoms with Crippen molar-refractivity contribution in [1.29, 1.82) is 0 Å². The molecule has 3 rings (SSSR count). The summed E-state index contributed by atoms with van der Waals surface area (Å²) in [5, 5.41) is 0. The summed E-state index contributed by atoms with van der Waals surface area (Å²) in [7, 11) is 4.79. The van der Waals surface area contributed by atoms with E-state index in [4.69, 9.17) is 18.9 Å².